The van der Waals surface area contributed by atoms with Gasteiger partial charge in [-0.1, -0.05) is 52.8 Å². The first-order valence-electron chi connectivity index (χ1n) is 9.02. The van der Waals surface area contributed by atoms with Gasteiger partial charge in [-0.05, 0) is 56.2 Å². The van der Waals surface area contributed by atoms with Gasteiger partial charge in [-0.15, -0.1) is 10.2 Å². The van der Waals surface area contributed by atoms with Crippen molar-refractivity contribution in [2.24, 2.45) is 0 Å². The van der Waals surface area contributed by atoms with Crippen LogP contribution < -0.4 is 0 Å². The van der Waals surface area contributed by atoms with Crippen LogP contribution in [-0.4, -0.2) is 20.3 Å². The van der Waals surface area contributed by atoms with Crippen molar-refractivity contribution in [1.82, 2.24) is 20.3 Å². The average Bonchev–Trinajstić information content (AvgIpc) is 3.18. The Labute approximate surface area is 168 Å². The van der Waals surface area contributed by atoms with Crippen molar-refractivity contribution in [3.05, 3.63) is 77.2 Å². The monoisotopic (exact) mass is 388 g/mol. The maximum Gasteiger partial charge on any atom is 0.237 e. The van der Waals surface area contributed by atoms with Crippen molar-refractivity contribution in [3.63, 3.8) is 0 Å². The van der Waals surface area contributed by atoms with E-state index in [0.29, 0.717) is 17.5 Å². The van der Waals surface area contributed by atoms with Crippen molar-refractivity contribution in [2.75, 3.05) is 0 Å². The number of benzene rings is 2. The van der Waals surface area contributed by atoms with Crippen molar-refractivity contribution in [2.45, 2.75) is 31.6 Å². The molecule has 28 heavy (non-hydrogen) atoms. The first kappa shape index (κ1) is 18.4. The van der Waals surface area contributed by atoms with Gasteiger partial charge in [-0.3, -0.25) is 0 Å². The van der Waals surface area contributed by atoms with Crippen LogP contribution in [0, 0.1) is 20.8 Å². The standard InChI is InChI=1S/C22H20N4OS/c1-14-5-4-6-18(11-14)22-23-20(27-26-22)13-28-21-10-9-19(24-25-21)17-8-7-15(2)16(3)12-17/h4-12H,13H2,1-3H3. The van der Waals surface area contributed by atoms with E-state index in [4.69, 9.17) is 4.52 Å². The van der Waals surface area contributed by atoms with Crippen LogP contribution in [-0.2, 0) is 5.75 Å². The molecule has 6 heteroatoms. The number of nitrogens with zero attached hydrogens (tertiary/aromatic N) is 4. The first-order chi connectivity index (χ1) is 13.6. The number of thioether (sulfide) groups is 1. The average molecular weight is 388 g/mol. The third-order valence-corrected chi connectivity index (χ3v) is 5.44. The lowest BCUT2D eigenvalue weighted by Gasteiger charge is -2.05. The molecule has 0 fully saturated rings. The van der Waals surface area contributed by atoms with Crippen LogP contribution in [0.15, 0.2) is 64.1 Å². The summed E-state index contributed by atoms with van der Waals surface area (Å²) in [4.78, 5) is 4.47. The molecular formula is C22H20N4OS. The summed E-state index contributed by atoms with van der Waals surface area (Å²) in [6.45, 7) is 6.25. The molecule has 4 rings (SSSR count). The van der Waals surface area contributed by atoms with Gasteiger partial charge in [0.05, 0.1) is 11.4 Å². The van der Waals surface area contributed by atoms with Gasteiger partial charge in [0.25, 0.3) is 0 Å². The molecule has 5 nitrogen and oxygen atoms in total. The predicted molar refractivity (Wildman–Crippen MR) is 111 cm³/mol. The van der Waals surface area contributed by atoms with Gasteiger partial charge in [0.1, 0.15) is 5.03 Å². The van der Waals surface area contributed by atoms with E-state index in [1.54, 1.807) is 0 Å². The molecular weight excluding hydrogens is 368 g/mol. The highest BCUT2D eigenvalue weighted by atomic mass is 32.2. The van der Waals surface area contributed by atoms with Gasteiger partial charge in [0.2, 0.25) is 11.7 Å². The molecule has 0 N–H and O–H groups in total. The summed E-state index contributed by atoms with van der Waals surface area (Å²) >= 11 is 1.52. The summed E-state index contributed by atoms with van der Waals surface area (Å²) < 4.78 is 5.37. The second kappa shape index (κ2) is 7.94. The van der Waals surface area contributed by atoms with Crippen molar-refractivity contribution in [1.29, 1.82) is 0 Å². The largest absolute Gasteiger partial charge is 0.338 e. The molecule has 0 saturated heterocycles. The molecule has 0 saturated carbocycles. The van der Waals surface area contributed by atoms with Crippen molar-refractivity contribution in [3.8, 4) is 22.6 Å². The predicted octanol–water partition coefficient (Wildman–Crippen LogP) is 5.41. The van der Waals surface area contributed by atoms with E-state index < -0.39 is 0 Å². The van der Waals surface area contributed by atoms with Crippen LogP contribution in [0.5, 0.6) is 0 Å². The molecule has 0 radical (unpaired) electrons. The molecule has 140 valence electrons. The number of hydrogen-bond acceptors (Lipinski definition) is 6. The maximum atomic E-state index is 5.37. The number of aromatic nitrogens is 4. The van der Waals surface area contributed by atoms with E-state index in [-0.39, 0.29) is 0 Å². The molecule has 0 aliphatic heterocycles. The van der Waals surface area contributed by atoms with Crippen LogP contribution in [0.1, 0.15) is 22.6 Å². The van der Waals surface area contributed by atoms with Gasteiger partial charge < -0.3 is 4.52 Å². The van der Waals surface area contributed by atoms with Crippen LogP contribution in [0.3, 0.4) is 0 Å². The van der Waals surface area contributed by atoms with Crippen molar-refractivity contribution < 1.29 is 4.52 Å². The minimum Gasteiger partial charge on any atom is -0.338 e. The Bertz CT molecular complexity index is 1110. The zero-order valence-electron chi connectivity index (χ0n) is 16.0. The van der Waals surface area contributed by atoms with Gasteiger partial charge in [-0.2, -0.15) is 4.98 Å². The first-order valence-corrected chi connectivity index (χ1v) is 10.0. The fourth-order valence-corrected chi connectivity index (χ4v) is 3.45. The third kappa shape index (κ3) is 4.12. The van der Waals surface area contributed by atoms with Gasteiger partial charge in [0, 0.05) is 11.1 Å². The lowest BCUT2D eigenvalue weighted by Crippen LogP contribution is -1.91. The Hall–Kier alpha value is -2.99. The van der Waals surface area contributed by atoms with Crippen molar-refractivity contribution >= 4 is 11.8 Å². The van der Waals surface area contributed by atoms with E-state index in [1.165, 1.54) is 22.9 Å². The highest BCUT2D eigenvalue weighted by molar-refractivity contribution is 7.98. The normalized spacial score (nSPS) is 11.0. The Morgan fingerprint density at radius 1 is 0.857 bits per heavy atom. The molecule has 0 aliphatic carbocycles. The highest BCUT2D eigenvalue weighted by Gasteiger charge is 2.10. The van der Waals surface area contributed by atoms with E-state index in [2.05, 4.69) is 52.4 Å². The highest BCUT2D eigenvalue weighted by Crippen LogP contribution is 2.25. The summed E-state index contributed by atoms with van der Waals surface area (Å²) in [6.07, 6.45) is 0. The maximum absolute atomic E-state index is 5.37. The van der Waals surface area contributed by atoms with E-state index >= 15 is 0 Å². The Morgan fingerprint density at radius 3 is 2.50 bits per heavy atom. The van der Waals surface area contributed by atoms with E-state index in [0.717, 1.165) is 27.4 Å². The van der Waals surface area contributed by atoms with Crippen LogP contribution in [0.25, 0.3) is 22.6 Å². The second-order valence-electron chi connectivity index (χ2n) is 6.73. The van der Waals surface area contributed by atoms with Gasteiger partial charge in [0.15, 0.2) is 0 Å². The van der Waals surface area contributed by atoms with E-state index in [1.807, 2.05) is 43.3 Å². The third-order valence-electron chi connectivity index (χ3n) is 4.53. The summed E-state index contributed by atoms with van der Waals surface area (Å²) in [5.74, 6) is 1.73. The smallest absolute Gasteiger partial charge is 0.237 e. The minimum absolute atomic E-state index is 0.552. The SMILES string of the molecule is Cc1cccc(-c2noc(CSc3ccc(-c4ccc(C)c(C)c4)nn3)n2)c1. The Morgan fingerprint density at radius 2 is 1.75 bits per heavy atom. The van der Waals surface area contributed by atoms with Gasteiger partial charge in [-0.25, -0.2) is 0 Å². The molecule has 0 spiro atoms. The molecule has 2 aromatic carbocycles. The summed E-state index contributed by atoms with van der Waals surface area (Å²) in [5.41, 5.74) is 6.58. The summed E-state index contributed by atoms with van der Waals surface area (Å²) in [5, 5.41) is 13.6. The van der Waals surface area contributed by atoms with Crippen LogP contribution in [0.2, 0.25) is 0 Å². The molecule has 0 aliphatic rings. The van der Waals surface area contributed by atoms with Crippen LogP contribution in [0.4, 0.5) is 0 Å². The quantitative estimate of drug-likeness (QED) is 0.426. The van der Waals surface area contributed by atoms with Gasteiger partial charge >= 0.3 is 0 Å². The number of rotatable bonds is 5. The Kier molecular flexibility index (Phi) is 5.21. The molecule has 2 aromatic heterocycles. The fourth-order valence-electron chi connectivity index (χ4n) is 2.80. The molecule has 2 heterocycles. The second-order valence-corrected chi connectivity index (χ2v) is 7.72. The zero-order chi connectivity index (χ0) is 19.5. The van der Waals surface area contributed by atoms with E-state index in [9.17, 15) is 0 Å². The summed E-state index contributed by atoms with van der Waals surface area (Å²) in [6, 6.07) is 18.3. The topological polar surface area (TPSA) is 64.7 Å². The molecule has 4 aromatic rings. The lowest BCUT2D eigenvalue weighted by atomic mass is 10.0. The number of hydrogen-bond donors (Lipinski definition) is 0. The fraction of sp³-hybridized carbons (Fsp3) is 0.182. The van der Waals surface area contributed by atoms with Crippen LogP contribution >= 0.6 is 11.8 Å². The summed E-state index contributed by atoms with van der Waals surface area (Å²) in [7, 11) is 0. The molecule has 0 atom stereocenters. The zero-order valence-corrected chi connectivity index (χ0v) is 16.8. The lowest BCUT2D eigenvalue weighted by molar-refractivity contribution is 0.391. The molecule has 0 amide bonds. The molecule has 0 unspecified atom stereocenters. The molecule has 0 bridgehead atoms. The Balaban J connectivity index is 1.42. The number of aryl methyl sites for hydroxylation is 3. The minimum atomic E-state index is 0.552.